The topological polar surface area (TPSA) is 67.4 Å². The predicted molar refractivity (Wildman–Crippen MR) is 96.4 cm³/mol. The van der Waals surface area contributed by atoms with Crippen LogP contribution in [0.5, 0.6) is 5.75 Å². The number of benzene rings is 2. The van der Waals surface area contributed by atoms with E-state index in [1.807, 2.05) is 0 Å². The molecule has 25 heavy (non-hydrogen) atoms. The van der Waals surface area contributed by atoms with Crippen LogP contribution in [0.3, 0.4) is 0 Å². The fourth-order valence-electron chi connectivity index (χ4n) is 1.69. The van der Waals surface area contributed by atoms with Crippen molar-refractivity contribution in [2.24, 2.45) is 0 Å². The summed E-state index contributed by atoms with van der Waals surface area (Å²) >= 11 is 9.22. The van der Waals surface area contributed by atoms with Crippen molar-refractivity contribution in [3.05, 3.63) is 69.4 Å². The number of carbonyl (C=O) groups excluding carboxylic acids is 2. The SMILES string of the molecule is O=C(C=Cc1ccc(F)cc1)NNC(=O)COc1ccc(Br)cc1Cl. The molecule has 2 amide bonds. The fourth-order valence-corrected chi connectivity index (χ4v) is 2.42. The summed E-state index contributed by atoms with van der Waals surface area (Å²) < 4.78 is 18.8. The number of nitrogens with one attached hydrogen (secondary N) is 2. The molecule has 2 aromatic carbocycles. The molecule has 0 aliphatic rings. The van der Waals surface area contributed by atoms with E-state index in [2.05, 4.69) is 26.8 Å². The van der Waals surface area contributed by atoms with Gasteiger partial charge in [-0.2, -0.15) is 0 Å². The summed E-state index contributed by atoms with van der Waals surface area (Å²) in [5, 5.41) is 0.355. The Morgan fingerprint density at radius 2 is 1.88 bits per heavy atom. The largest absolute Gasteiger partial charge is 0.482 e. The van der Waals surface area contributed by atoms with Gasteiger partial charge in [0, 0.05) is 10.5 Å². The lowest BCUT2D eigenvalue weighted by molar-refractivity contribution is -0.128. The third-order valence-corrected chi connectivity index (χ3v) is 3.66. The van der Waals surface area contributed by atoms with Gasteiger partial charge in [-0.25, -0.2) is 4.39 Å². The molecule has 2 N–H and O–H groups in total. The van der Waals surface area contributed by atoms with Gasteiger partial charge in [0.15, 0.2) is 6.61 Å². The first kappa shape index (κ1) is 19.0. The minimum atomic E-state index is -0.553. The van der Waals surface area contributed by atoms with Crippen LogP contribution >= 0.6 is 27.5 Å². The predicted octanol–water partition coefficient (Wildman–Crippen LogP) is 3.48. The average Bonchev–Trinajstić information content (AvgIpc) is 2.58. The van der Waals surface area contributed by atoms with Crippen LogP contribution in [-0.4, -0.2) is 18.4 Å². The molecule has 2 aromatic rings. The summed E-state index contributed by atoms with van der Waals surface area (Å²) in [5.74, 6) is -1.11. The Bertz CT molecular complexity index is 797. The van der Waals surface area contributed by atoms with Crippen molar-refractivity contribution in [1.29, 1.82) is 0 Å². The van der Waals surface area contributed by atoms with E-state index >= 15 is 0 Å². The molecular formula is C17H13BrClFN2O3. The summed E-state index contributed by atoms with van der Waals surface area (Å²) in [7, 11) is 0. The van der Waals surface area contributed by atoms with E-state index in [9.17, 15) is 14.0 Å². The zero-order valence-electron chi connectivity index (χ0n) is 12.8. The highest BCUT2D eigenvalue weighted by Gasteiger charge is 2.07. The highest BCUT2D eigenvalue weighted by atomic mass is 79.9. The number of halogens is 3. The number of hydrogen-bond donors (Lipinski definition) is 2. The molecule has 0 aromatic heterocycles. The highest BCUT2D eigenvalue weighted by Crippen LogP contribution is 2.27. The van der Waals surface area contributed by atoms with Crippen molar-refractivity contribution in [2.75, 3.05) is 6.61 Å². The standard InChI is InChI=1S/C17H13BrClFN2O3/c18-12-4-7-15(14(19)9-12)25-10-17(24)22-21-16(23)8-3-11-1-5-13(20)6-2-11/h1-9H,10H2,(H,21,23)(H,22,24). The minimum Gasteiger partial charge on any atom is -0.482 e. The Morgan fingerprint density at radius 1 is 1.16 bits per heavy atom. The second-order valence-corrected chi connectivity index (χ2v) is 6.11. The van der Waals surface area contributed by atoms with Gasteiger partial charge in [0.2, 0.25) is 0 Å². The highest BCUT2D eigenvalue weighted by molar-refractivity contribution is 9.10. The Hall–Kier alpha value is -2.38. The van der Waals surface area contributed by atoms with Gasteiger partial charge < -0.3 is 4.74 Å². The Labute approximate surface area is 156 Å². The summed E-state index contributed by atoms with van der Waals surface area (Å²) in [4.78, 5) is 23.2. The second-order valence-electron chi connectivity index (χ2n) is 4.79. The van der Waals surface area contributed by atoms with Crippen LogP contribution in [0.4, 0.5) is 4.39 Å². The van der Waals surface area contributed by atoms with Gasteiger partial charge >= 0.3 is 0 Å². The van der Waals surface area contributed by atoms with E-state index in [0.29, 0.717) is 16.3 Å². The number of rotatable bonds is 5. The molecule has 5 nitrogen and oxygen atoms in total. The van der Waals surface area contributed by atoms with Crippen molar-refractivity contribution in [3.63, 3.8) is 0 Å². The normalized spacial score (nSPS) is 10.5. The molecule has 130 valence electrons. The quantitative estimate of drug-likeness (QED) is 0.567. The first-order valence-electron chi connectivity index (χ1n) is 7.04. The van der Waals surface area contributed by atoms with Crippen molar-refractivity contribution >= 4 is 45.4 Å². The molecule has 2 rings (SSSR count). The number of hydrazine groups is 1. The van der Waals surface area contributed by atoms with Gasteiger partial charge in [0.05, 0.1) is 5.02 Å². The van der Waals surface area contributed by atoms with E-state index in [1.165, 1.54) is 36.4 Å². The molecule has 0 fully saturated rings. The smallest absolute Gasteiger partial charge is 0.276 e. The van der Waals surface area contributed by atoms with Gasteiger partial charge in [0.1, 0.15) is 11.6 Å². The van der Waals surface area contributed by atoms with Gasteiger partial charge in [-0.05, 0) is 42.0 Å². The molecular weight excluding hydrogens is 415 g/mol. The van der Waals surface area contributed by atoms with E-state index in [-0.39, 0.29) is 12.4 Å². The maximum atomic E-state index is 12.8. The van der Waals surface area contributed by atoms with Crippen LogP contribution in [0.15, 0.2) is 53.0 Å². The molecule has 0 saturated carbocycles. The van der Waals surface area contributed by atoms with Crippen LogP contribution in [0, 0.1) is 5.82 Å². The fraction of sp³-hybridized carbons (Fsp3) is 0.0588. The Kier molecular flexibility index (Phi) is 6.97. The van der Waals surface area contributed by atoms with E-state index in [0.717, 1.165) is 4.47 Å². The minimum absolute atomic E-state index is 0.316. The second kappa shape index (κ2) is 9.19. The van der Waals surface area contributed by atoms with Crippen molar-refractivity contribution in [2.45, 2.75) is 0 Å². The molecule has 0 heterocycles. The maximum Gasteiger partial charge on any atom is 0.276 e. The summed E-state index contributed by atoms with van der Waals surface area (Å²) in [6.45, 7) is -0.316. The van der Waals surface area contributed by atoms with Crippen molar-refractivity contribution in [1.82, 2.24) is 10.9 Å². The van der Waals surface area contributed by atoms with E-state index in [1.54, 1.807) is 18.2 Å². The van der Waals surface area contributed by atoms with E-state index < -0.39 is 11.8 Å². The average molecular weight is 428 g/mol. The number of ether oxygens (including phenoxy) is 1. The first-order chi connectivity index (χ1) is 11.9. The summed E-state index contributed by atoms with van der Waals surface area (Å²) in [6, 6.07) is 10.6. The summed E-state index contributed by atoms with van der Waals surface area (Å²) in [5.41, 5.74) is 5.06. The molecule has 0 atom stereocenters. The lowest BCUT2D eigenvalue weighted by atomic mass is 10.2. The van der Waals surface area contributed by atoms with Crippen molar-refractivity contribution in [3.8, 4) is 5.75 Å². The van der Waals surface area contributed by atoms with Crippen LogP contribution in [-0.2, 0) is 9.59 Å². The lowest BCUT2D eigenvalue weighted by Gasteiger charge is -2.09. The first-order valence-corrected chi connectivity index (χ1v) is 8.21. The molecule has 0 aliphatic carbocycles. The number of amides is 2. The molecule has 8 heteroatoms. The van der Waals surface area contributed by atoms with Crippen LogP contribution in [0.2, 0.25) is 5.02 Å². The zero-order valence-corrected chi connectivity index (χ0v) is 15.1. The third-order valence-electron chi connectivity index (χ3n) is 2.87. The van der Waals surface area contributed by atoms with Gasteiger partial charge in [-0.1, -0.05) is 39.7 Å². The lowest BCUT2D eigenvalue weighted by Crippen LogP contribution is -2.43. The van der Waals surface area contributed by atoms with E-state index in [4.69, 9.17) is 16.3 Å². The maximum absolute atomic E-state index is 12.8. The Morgan fingerprint density at radius 3 is 2.56 bits per heavy atom. The molecule has 0 saturated heterocycles. The third kappa shape index (κ3) is 6.56. The molecule has 0 unspecified atom stereocenters. The monoisotopic (exact) mass is 426 g/mol. The Balaban J connectivity index is 1.75. The van der Waals surface area contributed by atoms with Crippen LogP contribution in [0.1, 0.15) is 5.56 Å². The number of hydrogen-bond acceptors (Lipinski definition) is 3. The molecule has 0 bridgehead atoms. The van der Waals surface area contributed by atoms with Crippen LogP contribution < -0.4 is 15.6 Å². The molecule has 0 spiro atoms. The van der Waals surface area contributed by atoms with Crippen molar-refractivity contribution < 1.29 is 18.7 Å². The summed E-state index contributed by atoms with van der Waals surface area (Å²) in [6.07, 6.45) is 2.69. The molecule has 0 aliphatic heterocycles. The van der Waals surface area contributed by atoms with Crippen LogP contribution in [0.25, 0.3) is 6.08 Å². The van der Waals surface area contributed by atoms with Gasteiger partial charge in [0.25, 0.3) is 11.8 Å². The van der Waals surface area contributed by atoms with Gasteiger partial charge in [-0.3, -0.25) is 20.4 Å². The van der Waals surface area contributed by atoms with Gasteiger partial charge in [-0.15, -0.1) is 0 Å². The number of carbonyl (C=O) groups is 2. The molecule has 0 radical (unpaired) electrons. The zero-order chi connectivity index (χ0) is 18.2.